The Balaban J connectivity index is -0.000000308. The van der Waals surface area contributed by atoms with Crippen molar-refractivity contribution in [2.24, 2.45) is 0 Å². The molecule has 0 radical (unpaired) electrons. The fraction of sp³-hybridized carbons (Fsp3) is 0.842. The number of carbonyl (C=O) groups excluding carboxylic acids is 3. The number of alkyl carbamates (subject to hydrolysis) is 1. The van der Waals surface area contributed by atoms with Crippen LogP contribution in [0.2, 0.25) is 0 Å². The molecule has 0 unspecified atom stereocenters. The molecule has 26 heavy (non-hydrogen) atoms. The first-order valence-electron chi connectivity index (χ1n) is 9.50. The van der Waals surface area contributed by atoms with Gasteiger partial charge in [0.2, 0.25) is 0 Å². The van der Waals surface area contributed by atoms with Gasteiger partial charge in [0.25, 0.3) is 0 Å². The van der Waals surface area contributed by atoms with Gasteiger partial charge in [0.05, 0.1) is 20.3 Å². The molecule has 0 saturated heterocycles. The van der Waals surface area contributed by atoms with Gasteiger partial charge in [0.15, 0.2) is 0 Å². The van der Waals surface area contributed by atoms with E-state index in [0.717, 1.165) is 38.5 Å². The second-order valence-electron chi connectivity index (χ2n) is 5.39. The van der Waals surface area contributed by atoms with E-state index in [0.29, 0.717) is 26.1 Å². The molecule has 0 aromatic rings. The van der Waals surface area contributed by atoms with Crippen LogP contribution in [0.1, 0.15) is 79.1 Å². The number of hydrogen-bond donors (Lipinski definition) is 1. The minimum atomic E-state index is -0.355. The molecule has 0 aliphatic carbocycles. The molecule has 0 fully saturated rings. The van der Waals surface area contributed by atoms with Crippen LogP contribution in [0.15, 0.2) is 0 Å². The average Bonchev–Trinajstić information content (AvgIpc) is 2.67. The van der Waals surface area contributed by atoms with Crippen molar-refractivity contribution in [1.82, 2.24) is 5.32 Å². The number of unbranched alkanes of at least 4 members (excludes halogenated alkanes) is 2. The van der Waals surface area contributed by atoms with Crippen LogP contribution in [0, 0.1) is 0 Å². The van der Waals surface area contributed by atoms with E-state index in [1.807, 2.05) is 20.8 Å². The zero-order chi connectivity index (χ0) is 20.6. The lowest BCUT2D eigenvalue weighted by Gasteiger charge is -2.00. The highest BCUT2D eigenvalue weighted by molar-refractivity contribution is 5.69. The Bertz CT molecular complexity index is 304. The van der Waals surface area contributed by atoms with Gasteiger partial charge in [-0.15, -0.1) is 0 Å². The molecule has 0 aliphatic rings. The third-order valence-electron chi connectivity index (χ3n) is 2.81. The monoisotopic (exact) mass is 377 g/mol. The summed E-state index contributed by atoms with van der Waals surface area (Å²) in [5, 5.41) is 2.34. The summed E-state index contributed by atoms with van der Waals surface area (Å²) in [5.41, 5.74) is 0. The van der Waals surface area contributed by atoms with Crippen molar-refractivity contribution >= 4 is 18.0 Å². The summed E-state index contributed by atoms with van der Waals surface area (Å²) in [5.74, 6) is -0.157. The molecule has 0 atom stereocenters. The maximum atomic E-state index is 10.7. The largest absolute Gasteiger partial charge is 0.469 e. The van der Waals surface area contributed by atoms with Crippen molar-refractivity contribution in [3.63, 3.8) is 0 Å². The van der Waals surface area contributed by atoms with Gasteiger partial charge in [-0.2, -0.15) is 0 Å². The van der Waals surface area contributed by atoms with Gasteiger partial charge in [-0.25, -0.2) is 4.79 Å². The van der Waals surface area contributed by atoms with Crippen LogP contribution < -0.4 is 5.32 Å². The van der Waals surface area contributed by atoms with Crippen molar-refractivity contribution in [2.45, 2.75) is 79.1 Å². The number of amides is 1. The molecule has 7 nitrogen and oxygen atoms in total. The maximum absolute atomic E-state index is 10.7. The van der Waals surface area contributed by atoms with Gasteiger partial charge >= 0.3 is 18.0 Å². The summed E-state index contributed by atoms with van der Waals surface area (Å²) in [7, 11) is 2.95. The van der Waals surface area contributed by atoms with Gasteiger partial charge in [-0.05, 0) is 25.7 Å². The Labute approximate surface area is 159 Å². The van der Waals surface area contributed by atoms with Crippen molar-refractivity contribution in [3.8, 4) is 0 Å². The molecule has 156 valence electrons. The summed E-state index contributed by atoms with van der Waals surface area (Å²) in [6.07, 6.45) is 6.56. The highest BCUT2D eigenvalue weighted by Gasteiger charge is 1.98. The molecule has 1 N–H and O–H groups in total. The molecule has 0 spiro atoms. The fourth-order valence-corrected chi connectivity index (χ4v) is 1.30. The molecule has 0 heterocycles. The van der Waals surface area contributed by atoms with Gasteiger partial charge in [-0.1, -0.05) is 40.5 Å². The quantitative estimate of drug-likeness (QED) is 0.452. The predicted molar refractivity (Wildman–Crippen MR) is 103 cm³/mol. The van der Waals surface area contributed by atoms with Gasteiger partial charge in [0.1, 0.15) is 0 Å². The number of hydrogen-bond acceptors (Lipinski definition) is 6. The van der Waals surface area contributed by atoms with E-state index in [4.69, 9.17) is 4.74 Å². The Hall–Kier alpha value is -1.79. The lowest BCUT2D eigenvalue weighted by molar-refractivity contribution is -0.144. The van der Waals surface area contributed by atoms with Crippen LogP contribution in [0.3, 0.4) is 0 Å². The van der Waals surface area contributed by atoms with E-state index >= 15 is 0 Å². The minimum absolute atomic E-state index is 0.0521. The van der Waals surface area contributed by atoms with Gasteiger partial charge in [-0.3, -0.25) is 9.59 Å². The molecule has 0 saturated carbocycles. The zero-order valence-electron chi connectivity index (χ0n) is 17.5. The molecule has 0 rings (SSSR count). The second kappa shape index (κ2) is 25.5. The fourth-order valence-electron chi connectivity index (χ4n) is 1.30. The molecule has 0 aromatic heterocycles. The first-order valence-corrected chi connectivity index (χ1v) is 9.50. The lowest BCUT2D eigenvalue weighted by atomic mass is 10.2. The first-order chi connectivity index (χ1) is 12.4. The third kappa shape index (κ3) is 30.1. The summed E-state index contributed by atoms with van der Waals surface area (Å²) < 4.78 is 13.9. The summed E-state index contributed by atoms with van der Waals surface area (Å²) in [6, 6.07) is 0. The highest BCUT2D eigenvalue weighted by Crippen LogP contribution is 1.96. The normalized spacial score (nSPS) is 8.85. The molecule has 1 amide bonds. The number of methoxy groups -OCH3 is 1. The van der Waals surface area contributed by atoms with Crippen LogP contribution in [0.4, 0.5) is 4.79 Å². The highest BCUT2D eigenvalue weighted by atomic mass is 16.5. The molecule has 0 aromatic carbocycles. The minimum Gasteiger partial charge on any atom is -0.469 e. The van der Waals surface area contributed by atoms with Crippen LogP contribution in [-0.2, 0) is 23.8 Å². The molecule has 0 aliphatic heterocycles. The zero-order valence-corrected chi connectivity index (χ0v) is 17.5. The van der Waals surface area contributed by atoms with Gasteiger partial charge in [0, 0.05) is 19.9 Å². The number of esters is 2. The Morgan fingerprint density at radius 3 is 1.58 bits per heavy atom. The Morgan fingerprint density at radius 1 is 0.731 bits per heavy atom. The second-order valence-corrected chi connectivity index (χ2v) is 5.39. The van der Waals surface area contributed by atoms with E-state index in [1.54, 1.807) is 0 Å². The summed E-state index contributed by atoms with van der Waals surface area (Å²) in [4.78, 5) is 31.3. The van der Waals surface area contributed by atoms with Crippen LogP contribution in [-0.4, -0.2) is 45.4 Å². The van der Waals surface area contributed by atoms with Gasteiger partial charge < -0.3 is 19.5 Å². The average molecular weight is 378 g/mol. The van der Waals surface area contributed by atoms with E-state index < -0.39 is 0 Å². The Kier molecular flexibility index (Phi) is 28.4. The lowest BCUT2D eigenvalue weighted by Crippen LogP contribution is -2.19. The number of nitrogens with one attached hydrogen (secondary N) is 1. The smallest absolute Gasteiger partial charge is 0.406 e. The summed E-state index contributed by atoms with van der Waals surface area (Å²) in [6.45, 7) is 9.12. The molecule has 7 heteroatoms. The third-order valence-corrected chi connectivity index (χ3v) is 2.81. The first kappa shape index (κ1) is 29.0. The van der Waals surface area contributed by atoms with Crippen LogP contribution in [0.5, 0.6) is 0 Å². The maximum Gasteiger partial charge on any atom is 0.406 e. The number of rotatable bonds is 10. The van der Waals surface area contributed by atoms with E-state index in [9.17, 15) is 14.4 Å². The van der Waals surface area contributed by atoms with Crippen molar-refractivity contribution in [1.29, 1.82) is 0 Å². The standard InChI is InChI=1S/C8H16O2.C6H12O2.C5H11NO2/c1-3-5-6-8(9)10-7-4-2;1-3-4-5-6(7)8-2;1-3-4-8-5(7)6-2/h3-7H2,1-2H3;3-5H2,1-2H3;3-4H2,1-2H3,(H,6,7). The summed E-state index contributed by atoms with van der Waals surface area (Å²) >= 11 is 0. The van der Waals surface area contributed by atoms with E-state index in [2.05, 4.69) is 21.7 Å². The van der Waals surface area contributed by atoms with E-state index in [-0.39, 0.29) is 18.0 Å². The molecular weight excluding hydrogens is 338 g/mol. The van der Waals surface area contributed by atoms with Crippen molar-refractivity contribution < 1.29 is 28.6 Å². The van der Waals surface area contributed by atoms with Crippen molar-refractivity contribution in [2.75, 3.05) is 27.4 Å². The Morgan fingerprint density at radius 2 is 1.19 bits per heavy atom. The number of carbonyl (C=O) groups is 3. The molecular formula is C19H39NO6. The predicted octanol–water partition coefficient (Wildman–Crippen LogP) is 4.23. The van der Waals surface area contributed by atoms with Crippen molar-refractivity contribution in [3.05, 3.63) is 0 Å². The topological polar surface area (TPSA) is 90.9 Å². The van der Waals surface area contributed by atoms with E-state index in [1.165, 1.54) is 14.2 Å². The SMILES string of the molecule is CCCCC(=O)OC.CCCCC(=O)OCCC.CCCOC(=O)NC. The van der Waals surface area contributed by atoms with Crippen LogP contribution >= 0.6 is 0 Å². The number of ether oxygens (including phenoxy) is 3. The van der Waals surface area contributed by atoms with Crippen LogP contribution in [0.25, 0.3) is 0 Å². The molecule has 0 bridgehead atoms.